The molecule has 0 bridgehead atoms. The van der Waals surface area contributed by atoms with E-state index in [0.29, 0.717) is 28.4 Å². The van der Waals surface area contributed by atoms with Crippen LogP contribution in [0.15, 0.2) is 71.8 Å². The number of nitrogens with zero attached hydrogens (tertiary/aromatic N) is 2. The lowest BCUT2D eigenvalue weighted by molar-refractivity contribution is -0.137. The molecule has 7 nitrogen and oxygen atoms in total. The Balaban J connectivity index is 1.32. The van der Waals surface area contributed by atoms with E-state index in [4.69, 9.17) is 11.6 Å². The lowest BCUT2D eigenvalue weighted by Gasteiger charge is -2.31. The van der Waals surface area contributed by atoms with Crippen LogP contribution >= 0.6 is 22.9 Å². The molecular weight excluding hydrogens is 601 g/mol. The highest BCUT2D eigenvalue weighted by atomic mass is 35.5. The number of piperidine rings is 1. The van der Waals surface area contributed by atoms with Crippen molar-refractivity contribution in [1.29, 1.82) is 0 Å². The molecule has 0 spiro atoms. The van der Waals surface area contributed by atoms with E-state index in [1.54, 1.807) is 18.2 Å². The summed E-state index contributed by atoms with van der Waals surface area (Å²) in [5.41, 5.74) is 3.07. The molecule has 0 aliphatic carbocycles. The summed E-state index contributed by atoms with van der Waals surface area (Å²) >= 11 is 6.91. The van der Waals surface area contributed by atoms with Crippen LogP contribution in [0, 0.1) is 5.92 Å². The topological polar surface area (TPSA) is 94.0 Å². The maximum Gasteiger partial charge on any atom is 0.417 e. The fraction of sp³-hybridized carbons (Fsp3) is 0.258. The van der Waals surface area contributed by atoms with Gasteiger partial charge < -0.3 is 10.4 Å². The standard InChI is InChI=1S/C31H28ClF3N4O3S/c32-25-9-8-20(15-24(25)31(33,34)35)16-36-38-29(42)27-23-6-1-2-7-26(23)43-30(27)37-28(41)22-5-3-4-21(14-22)17-39-12-10-19(18-40)11-13-39/h1-9,14-16,19,40H,10-13,17-18H2,(H,37,41)(H,38,42). The molecule has 43 heavy (non-hydrogen) atoms. The lowest BCUT2D eigenvalue weighted by atomic mass is 9.97. The van der Waals surface area contributed by atoms with Crippen LogP contribution in [0.1, 0.15) is 50.2 Å². The molecule has 1 aliphatic rings. The number of aliphatic hydroxyl groups excluding tert-OH is 1. The number of likely N-dealkylation sites (tertiary alicyclic amines) is 1. The average molecular weight is 629 g/mol. The van der Waals surface area contributed by atoms with Crippen LogP contribution in [0.4, 0.5) is 18.2 Å². The fourth-order valence-electron chi connectivity index (χ4n) is 4.99. The van der Waals surface area contributed by atoms with E-state index >= 15 is 0 Å². The summed E-state index contributed by atoms with van der Waals surface area (Å²) in [5, 5.41) is 16.6. The minimum atomic E-state index is -4.64. The van der Waals surface area contributed by atoms with Gasteiger partial charge in [-0.1, -0.05) is 48.0 Å². The second-order valence-electron chi connectivity index (χ2n) is 10.3. The molecule has 3 aromatic carbocycles. The number of fused-ring (bicyclic) bond motifs is 1. The normalized spacial score (nSPS) is 14.8. The number of rotatable bonds is 8. The summed E-state index contributed by atoms with van der Waals surface area (Å²) in [7, 11) is 0. The second-order valence-corrected chi connectivity index (χ2v) is 11.8. The number of aliphatic hydroxyl groups is 1. The van der Waals surface area contributed by atoms with Crippen LogP contribution in [-0.4, -0.2) is 47.7 Å². The Morgan fingerprint density at radius 2 is 1.81 bits per heavy atom. The summed E-state index contributed by atoms with van der Waals surface area (Å²) < 4.78 is 40.4. The Bertz CT molecular complexity index is 1670. The predicted molar refractivity (Wildman–Crippen MR) is 163 cm³/mol. The first-order valence-corrected chi connectivity index (χ1v) is 14.8. The van der Waals surface area contributed by atoms with Gasteiger partial charge in [0.05, 0.1) is 22.4 Å². The van der Waals surface area contributed by atoms with Gasteiger partial charge in [-0.15, -0.1) is 11.3 Å². The Morgan fingerprint density at radius 3 is 2.56 bits per heavy atom. The molecule has 0 saturated carbocycles. The minimum Gasteiger partial charge on any atom is -0.396 e. The molecule has 2 amide bonds. The highest BCUT2D eigenvalue weighted by Crippen LogP contribution is 2.37. The Hall–Kier alpha value is -3.77. The Morgan fingerprint density at radius 1 is 1.05 bits per heavy atom. The van der Waals surface area contributed by atoms with Crippen LogP contribution in [0.25, 0.3) is 10.1 Å². The molecule has 4 aromatic rings. The molecular formula is C31H28ClF3N4O3S. The predicted octanol–water partition coefficient (Wildman–Crippen LogP) is 6.79. The van der Waals surface area contributed by atoms with Crippen molar-refractivity contribution >= 4 is 56.1 Å². The highest BCUT2D eigenvalue weighted by Gasteiger charge is 2.33. The molecule has 224 valence electrons. The molecule has 3 N–H and O–H groups in total. The van der Waals surface area contributed by atoms with E-state index in [1.165, 1.54) is 17.4 Å². The summed E-state index contributed by atoms with van der Waals surface area (Å²) in [6, 6.07) is 17.8. The SMILES string of the molecule is O=C(Nc1sc2ccccc2c1C(=O)NN=Cc1ccc(Cl)c(C(F)(F)F)c1)c1cccc(CN2CCC(CO)CC2)c1. The Labute approximate surface area is 255 Å². The number of alkyl halides is 3. The van der Waals surface area contributed by atoms with Gasteiger partial charge in [-0.3, -0.25) is 14.5 Å². The van der Waals surface area contributed by atoms with Gasteiger partial charge in [0, 0.05) is 28.8 Å². The van der Waals surface area contributed by atoms with Crippen LogP contribution in [0.2, 0.25) is 5.02 Å². The van der Waals surface area contributed by atoms with Gasteiger partial charge in [0.25, 0.3) is 11.8 Å². The molecule has 5 rings (SSSR count). The minimum absolute atomic E-state index is 0.0957. The first kappa shape index (κ1) is 30.7. The summed E-state index contributed by atoms with van der Waals surface area (Å²) in [6.07, 6.45) is -1.67. The molecule has 1 fully saturated rings. The van der Waals surface area contributed by atoms with Crippen LogP contribution in [-0.2, 0) is 12.7 Å². The molecule has 0 atom stereocenters. The number of nitrogens with one attached hydrogen (secondary N) is 2. The zero-order valence-electron chi connectivity index (χ0n) is 22.8. The van der Waals surface area contributed by atoms with Crippen molar-refractivity contribution in [3.8, 4) is 0 Å². The van der Waals surface area contributed by atoms with Gasteiger partial charge in [-0.25, -0.2) is 5.43 Å². The van der Waals surface area contributed by atoms with E-state index < -0.39 is 22.7 Å². The number of amides is 2. The number of thiophene rings is 1. The number of anilines is 1. The third-order valence-electron chi connectivity index (χ3n) is 7.29. The maximum atomic E-state index is 13.3. The van der Waals surface area contributed by atoms with Gasteiger partial charge in [-0.2, -0.15) is 18.3 Å². The third kappa shape index (κ3) is 7.42. The zero-order valence-corrected chi connectivity index (χ0v) is 24.4. The lowest BCUT2D eigenvalue weighted by Crippen LogP contribution is -2.34. The quantitative estimate of drug-likeness (QED) is 0.148. The van der Waals surface area contributed by atoms with Crippen molar-refractivity contribution in [3.63, 3.8) is 0 Å². The summed E-state index contributed by atoms with van der Waals surface area (Å²) in [4.78, 5) is 28.9. The summed E-state index contributed by atoms with van der Waals surface area (Å²) in [5.74, 6) is -0.675. The molecule has 0 radical (unpaired) electrons. The van der Waals surface area contributed by atoms with Crippen LogP contribution < -0.4 is 10.7 Å². The molecule has 1 aromatic heterocycles. The van der Waals surface area contributed by atoms with Crippen LogP contribution in [0.5, 0.6) is 0 Å². The molecule has 1 aliphatic heterocycles. The monoisotopic (exact) mass is 628 g/mol. The Kier molecular flexibility index (Phi) is 9.46. The number of carbonyl (C=O) groups excluding carboxylic acids is 2. The van der Waals surface area contributed by atoms with Crippen molar-refractivity contribution in [3.05, 3.63) is 99.6 Å². The first-order chi connectivity index (χ1) is 20.6. The average Bonchev–Trinajstić information content (AvgIpc) is 3.35. The number of hydrazone groups is 1. The second kappa shape index (κ2) is 13.3. The number of halogens is 4. The van der Waals surface area contributed by atoms with Gasteiger partial charge in [0.1, 0.15) is 5.00 Å². The number of hydrogen-bond donors (Lipinski definition) is 3. The van der Waals surface area contributed by atoms with Gasteiger partial charge in [-0.05, 0) is 73.3 Å². The number of hydrogen-bond acceptors (Lipinski definition) is 6. The van der Waals surface area contributed by atoms with Crippen molar-refractivity contribution in [2.75, 3.05) is 25.0 Å². The summed E-state index contributed by atoms with van der Waals surface area (Å²) in [6.45, 7) is 2.66. The van der Waals surface area contributed by atoms with Gasteiger partial charge >= 0.3 is 6.18 Å². The van der Waals surface area contributed by atoms with Crippen molar-refractivity contribution in [2.24, 2.45) is 11.0 Å². The smallest absolute Gasteiger partial charge is 0.396 e. The molecule has 12 heteroatoms. The van der Waals surface area contributed by atoms with E-state index in [1.807, 2.05) is 30.3 Å². The largest absolute Gasteiger partial charge is 0.417 e. The first-order valence-electron chi connectivity index (χ1n) is 13.6. The zero-order chi connectivity index (χ0) is 30.6. The molecule has 2 heterocycles. The highest BCUT2D eigenvalue weighted by molar-refractivity contribution is 7.23. The number of benzene rings is 3. The van der Waals surface area contributed by atoms with Crippen molar-refractivity contribution in [2.45, 2.75) is 25.6 Å². The van der Waals surface area contributed by atoms with Gasteiger partial charge in [0.15, 0.2) is 0 Å². The number of carbonyl (C=O) groups is 2. The van der Waals surface area contributed by atoms with Gasteiger partial charge in [0.2, 0.25) is 0 Å². The van der Waals surface area contributed by atoms with E-state index in [9.17, 15) is 27.9 Å². The fourth-order valence-corrected chi connectivity index (χ4v) is 6.31. The van der Waals surface area contributed by atoms with E-state index in [-0.39, 0.29) is 23.6 Å². The molecule has 1 saturated heterocycles. The maximum absolute atomic E-state index is 13.3. The molecule has 0 unspecified atom stereocenters. The van der Waals surface area contributed by atoms with Crippen molar-refractivity contribution < 1.29 is 27.9 Å². The van der Waals surface area contributed by atoms with E-state index in [0.717, 1.165) is 54.5 Å². The van der Waals surface area contributed by atoms with E-state index in [2.05, 4.69) is 20.7 Å². The van der Waals surface area contributed by atoms with Crippen LogP contribution in [0.3, 0.4) is 0 Å². The van der Waals surface area contributed by atoms with Crippen molar-refractivity contribution in [1.82, 2.24) is 10.3 Å². The third-order valence-corrected chi connectivity index (χ3v) is 8.70.